The monoisotopic (exact) mass is 397 g/mol. The average Bonchev–Trinajstić information content (AvgIpc) is 3.45. The molecule has 5 nitrogen and oxygen atoms in total. The van der Waals surface area contributed by atoms with E-state index in [1.54, 1.807) is 16.2 Å². The van der Waals surface area contributed by atoms with Crippen LogP contribution in [0.1, 0.15) is 35.7 Å². The van der Waals surface area contributed by atoms with Gasteiger partial charge in [-0.3, -0.25) is 14.5 Å². The van der Waals surface area contributed by atoms with E-state index in [9.17, 15) is 9.59 Å². The third-order valence-electron chi connectivity index (χ3n) is 5.76. The summed E-state index contributed by atoms with van der Waals surface area (Å²) in [4.78, 5) is 30.8. The van der Waals surface area contributed by atoms with Crippen molar-refractivity contribution in [2.75, 3.05) is 31.1 Å². The molecule has 0 radical (unpaired) electrons. The minimum Gasteiger partial charge on any atom is -0.354 e. The number of amides is 2. The number of anilines is 1. The Morgan fingerprint density at radius 1 is 1.21 bits per heavy atom. The molecule has 28 heavy (non-hydrogen) atoms. The highest BCUT2D eigenvalue weighted by Gasteiger charge is 2.35. The summed E-state index contributed by atoms with van der Waals surface area (Å²) in [7, 11) is 0. The Morgan fingerprint density at radius 2 is 1.96 bits per heavy atom. The maximum Gasteiger partial charge on any atom is 0.227 e. The number of thiophene rings is 1. The molecule has 1 N–H and O–H groups in total. The van der Waals surface area contributed by atoms with E-state index in [2.05, 4.69) is 27.7 Å². The zero-order chi connectivity index (χ0) is 19.5. The van der Waals surface area contributed by atoms with Crippen molar-refractivity contribution >= 4 is 28.8 Å². The largest absolute Gasteiger partial charge is 0.354 e. The molecule has 2 atom stereocenters. The summed E-state index contributed by atoms with van der Waals surface area (Å²) in [5, 5.41) is 5.23. The number of aryl methyl sites for hydroxylation is 1. The Labute approximate surface area is 170 Å². The highest BCUT2D eigenvalue weighted by atomic mass is 32.1. The minimum atomic E-state index is -0.281. The lowest BCUT2D eigenvalue weighted by atomic mass is 10.1. The van der Waals surface area contributed by atoms with Crippen molar-refractivity contribution in [2.45, 2.75) is 32.2 Å². The van der Waals surface area contributed by atoms with Crippen molar-refractivity contribution in [2.24, 2.45) is 5.92 Å². The second kappa shape index (κ2) is 8.45. The van der Waals surface area contributed by atoms with Gasteiger partial charge in [0.25, 0.3) is 0 Å². The molecule has 2 aromatic rings. The van der Waals surface area contributed by atoms with Crippen LogP contribution in [0.3, 0.4) is 0 Å². The lowest BCUT2D eigenvalue weighted by molar-refractivity contribution is -0.126. The van der Waals surface area contributed by atoms with Crippen LogP contribution < -0.4 is 10.2 Å². The molecule has 2 aliphatic rings. The minimum absolute atomic E-state index is 0.0104. The zero-order valence-electron chi connectivity index (χ0n) is 16.3. The van der Waals surface area contributed by atoms with Crippen molar-refractivity contribution in [3.8, 4) is 0 Å². The molecule has 1 aromatic carbocycles. The van der Waals surface area contributed by atoms with E-state index < -0.39 is 0 Å². The Morgan fingerprint density at radius 3 is 2.64 bits per heavy atom. The number of nitrogens with zero attached hydrogens (tertiary/aromatic N) is 2. The van der Waals surface area contributed by atoms with E-state index in [4.69, 9.17) is 0 Å². The quantitative estimate of drug-likeness (QED) is 0.813. The molecule has 2 saturated heterocycles. The first-order chi connectivity index (χ1) is 13.6. The van der Waals surface area contributed by atoms with Crippen LogP contribution in [0.5, 0.6) is 0 Å². The van der Waals surface area contributed by atoms with Gasteiger partial charge < -0.3 is 10.2 Å². The van der Waals surface area contributed by atoms with E-state index >= 15 is 0 Å². The molecule has 1 aromatic heterocycles. The van der Waals surface area contributed by atoms with Crippen molar-refractivity contribution in [3.63, 3.8) is 0 Å². The number of rotatable bonds is 6. The fourth-order valence-electron chi connectivity index (χ4n) is 4.14. The average molecular weight is 398 g/mol. The Kier molecular flexibility index (Phi) is 5.78. The fourth-order valence-corrected chi connectivity index (χ4v) is 5.00. The number of hydrogen-bond acceptors (Lipinski definition) is 4. The second-order valence-corrected chi connectivity index (χ2v) is 8.74. The molecule has 2 amide bonds. The molecule has 4 rings (SSSR count). The smallest absolute Gasteiger partial charge is 0.227 e. The summed E-state index contributed by atoms with van der Waals surface area (Å²) in [5.74, 6) is -0.265. The normalized spacial score (nSPS) is 21.2. The van der Waals surface area contributed by atoms with Crippen molar-refractivity contribution < 1.29 is 9.59 Å². The van der Waals surface area contributed by atoms with E-state index in [-0.39, 0.29) is 30.2 Å². The molecule has 2 fully saturated rings. The highest BCUT2D eigenvalue weighted by molar-refractivity contribution is 7.10. The first kappa shape index (κ1) is 19.2. The molecule has 2 unspecified atom stereocenters. The summed E-state index contributed by atoms with van der Waals surface area (Å²) in [6, 6.07) is 12.4. The van der Waals surface area contributed by atoms with Gasteiger partial charge in [-0.1, -0.05) is 23.8 Å². The van der Waals surface area contributed by atoms with Crippen LogP contribution >= 0.6 is 11.3 Å². The van der Waals surface area contributed by atoms with Crippen LogP contribution in [0.15, 0.2) is 41.8 Å². The van der Waals surface area contributed by atoms with Gasteiger partial charge >= 0.3 is 0 Å². The van der Waals surface area contributed by atoms with Crippen molar-refractivity contribution in [1.29, 1.82) is 0 Å². The summed E-state index contributed by atoms with van der Waals surface area (Å²) in [5.41, 5.74) is 2.03. The van der Waals surface area contributed by atoms with Crippen LogP contribution in [0.2, 0.25) is 0 Å². The molecular weight excluding hydrogens is 370 g/mol. The van der Waals surface area contributed by atoms with E-state index in [1.807, 2.05) is 31.2 Å². The van der Waals surface area contributed by atoms with Crippen molar-refractivity contribution in [3.05, 3.63) is 52.2 Å². The van der Waals surface area contributed by atoms with E-state index in [1.165, 1.54) is 17.7 Å². The summed E-state index contributed by atoms with van der Waals surface area (Å²) in [6.07, 6.45) is 2.73. The maximum atomic E-state index is 12.8. The lowest BCUT2D eigenvalue weighted by Crippen LogP contribution is -2.39. The zero-order valence-corrected chi connectivity index (χ0v) is 17.1. The van der Waals surface area contributed by atoms with Gasteiger partial charge in [0.05, 0.1) is 12.0 Å². The number of likely N-dealkylation sites (tertiary alicyclic amines) is 1. The summed E-state index contributed by atoms with van der Waals surface area (Å²) in [6.45, 7) is 5.26. The van der Waals surface area contributed by atoms with Crippen LogP contribution in [0.25, 0.3) is 0 Å². The van der Waals surface area contributed by atoms with Gasteiger partial charge in [0.2, 0.25) is 11.8 Å². The number of hydrogen-bond donors (Lipinski definition) is 1. The molecule has 0 bridgehead atoms. The van der Waals surface area contributed by atoms with Crippen molar-refractivity contribution in [1.82, 2.24) is 10.2 Å². The van der Waals surface area contributed by atoms with E-state index in [0.717, 1.165) is 24.3 Å². The van der Waals surface area contributed by atoms with Crippen LogP contribution in [0, 0.1) is 12.8 Å². The predicted octanol–water partition coefficient (Wildman–Crippen LogP) is 3.36. The molecule has 0 spiro atoms. The van der Waals surface area contributed by atoms with Crippen LogP contribution in [-0.4, -0.2) is 42.9 Å². The standard InChI is InChI=1S/C22H27N3O2S/c1-16-6-8-18(9-7-16)25-15-17(13-21(25)26)22(27)23-14-19(20-5-4-12-28-20)24-10-2-3-11-24/h4-9,12,17,19H,2-3,10-11,13-15H2,1H3,(H,23,27). The van der Waals surface area contributed by atoms with Gasteiger partial charge in [0.15, 0.2) is 0 Å². The summed E-state index contributed by atoms with van der Waals surface area (Å²) < 4.78 is 0. The second-order valence-electron chi connectivity index (χ2n) is 7.76. The third kappa shape index (κ3) is 4.13. The van der Waals surface area contributed by atoms with Gasteiger partial charge in [-0.25, -0.2) is 0 Å². The van der Waals surface area contributed by atoms with Gasteiger partial charge in [0.1, 0.15) is 0 Å². The first-order valence-corrected chi connectivity index (χ1v) is 10.9. The Hall–Kier alpha value is -2.18. The lowest BCUT2D eigenvalue weighted by Gasteiger charge is -2.27. The van der Waals surface area contributed by atoms with Gasteiger partial charge in [-0.2, -0.15) is 0 Å². The predicted molar refractivity (Wildman–Crippen MR) is 113 cm³/mol. The fraction of sp³-hybridized carbons (Fsp3) is 0.455. The molecular formula is C22H27N3O2S. The Balaban J connectivity index is 1.38. The highest BCUT2D eigenvalue weighted by Crippen LogP contribution is 2.29. The van der Waals surface area contributed by atoms with Crippen LogP contribution in [0.4, 0.5) is 5.69 Å². The molecule has 0 aliphatic carbocycles. The molecule has 148 valence electrons. The third-order valence-corrected chi connectivity index (χ3v) is 6.74. The van der Waals surface area contributed by atoms with Gasteiger partial charge in [-0.15, -0.1) is 11.3 Å². The number of nitrogens with one attached hydrogen (secondary N) is 1. The van der Waals surface area contributed by atoms with Gasteiger partial charge in [-0.05, 0) is 56.4 Å². The maximum absolute atomic E-state index is 12.8. The molecule has 0 saturated carbocycles. The molecule has 3 heterocycles. The number of benzene rings is 1. The summed E-state index contributed by atoms with van der Waals surface area (Å²) >= 11 is 1.75. The Bertz CT molecular complexity index is 813. The van der Waals surface area contributed by atoms with Gasteiger partial charge in [0, 0.05) is 30.1 Å². The van der Waals surface area contributed by atoms with E-state index in [0.29, 0.717) is 13.1 Å². The SMILES string of the molecule is Cc1ccc(N2CC(C(=O)NCC(c3cccs3)N3CCCC3)CC2=O)cc1. The van der Waals surface area contributed by atoms with Crippen LogP contribution in [-0.2, 0) is 9.59 Å². The topological polar surface area (TPSA) is 52.7 Å². The number of carbonyl (C=O) groups is 2. The number of carbonyl (C=O) groups excluding carboxylic acids is 2. The molecule has 2 aliphatic heterocycles. The first-order valence-electron chi connectivity index (χ1n) is 10.0. The molecule has 6 heteroatoms.